The van der Waals surface area contributed by atoms with Crippen LogP contribution in [-0.2, 0) is 9.53 Å². The van der Waals surface area contributed by atoms with Crippen molar-refractivity contribution in [2.75, 3.05) is 6.61 Å². The summed E-state index contributed by atoms with van der Waals surface area (Å²) in [5.41, 5.74) is 0.400. The van der Waals surface area contributed by atoms with Crippen LogP contribution in [0.25, 0.3) is 5.76 Å². The Morgan fingerprint density at radius 3 is 2.30 bits per heavy atom. The zero-order valence-electron chi connectivity index (χ0n) is 10.3. The molecule has 0 bridgehead atoms. The molecule has 0 saturated heterocycles. The third kappa shape index (κ3) is 4.67. The van der Waals surface area contributed by atoms with Gasteiger partial charge >= 0.3 is 0 Å². The molecule has 0 aliphatic rings. The molecule has 0 atom stereocenters. The van der Waals surface area contributed by atoms with Crippen LogP contribution in [0.5, 0.6) is 0 Å². The van der Waals surface area contributed by atoms with Gasteiger partial charge in [-0.15, -0.1) is 0 Å². The summed E-state index contributed by atoms with van der Waals surface area (Å²) in [4.78, 5) is 21.7. The number of hydrogen-bond donors (Lipinski definition) is 0. The molecule has 1 aromatic rings. The van der Waals surface area contributed by atoms with E-state index in [9.17, 15) is 14.9 Å². The molecule has 1 rings (SSSR count). The maximum absolute atomic E-state index is 11.6. The van der Waals surface area contributed by atoms with Crippen LogP contribution >= 0.6 is 34.8 Å². The highest BCUT2D eigenvalue weighted by molar-refractivity contribution is 6.77. The van der Waals surface area contributed by atoms with Crippen molar-refractivity contribution >= 4 is 52.0 Å². The van der Waals surface area contributed by atoms with E-state index in [1.165, 1.54) is 24.3 Å². The van der Waals surface area contributed by atoms with Gasteiger partial charge in [0.15, 0.2) is 0 Å². The molecule has 0 N–H and O–H groups in total. The fraction of sp³-hybridized carbons (Fsp3) is 0.250. The number of carbonyl (C=O) groups is 1. The highest BCUT2D eigenvalue weighted by Crippen LogP contribution is 2.29. The monoisotopic (exact) mass is 337 g/mol. The Kier molecular flexibility index (Phi) is 5.80. The molecule has 8 heteroatoms. The molecule has 0 aliphatic heterocycles. The number of rotatable bonds is 5. The predicted octanol–water partition coefficient (Wildman–Crippen LogP) is 3.91. The molecule has 1 aromatic carbocycles. The maximum Gasteiger partial charge on any atom is 0.269 e. The number of ether oxygens (including phenoxy) is 1. The van der Waals surface area contributed by atoms with Crippen LogP contribution in [0.4, 0.5) is 5.69 Å². The fourth-order valence-corrected chi connectivity index (χ4v) is 1.48. The number of benzene rings is 1. The van der Waals surface area contributed by atoms with E-state index < -0.39 is 14.5 Å². The Morgan fingerprint density at radius 1 is 1.35 bits per heavy atom. The second-order valence-electron chi connectivity index (χ2n) is 3.61. The molecule has 5 nitrogen and oxygen atoms in total. The van der Waals surface area contributed by atoms with Gasteiger partial charge in [0.2, 0.25) is 5.78 Å². The van der Waals surface area contributed by atoms with Crippen LogP contribution in [0.3, 0.4) is 0 Å². The summed E-state index contributed by atoms with van der Waals surface area (Å²) >= 11 is 16.4. The largest absolute Gasteiger partial charge is 0.493 e. The minimum atomic E-state index is -2.08. The summed E-state index contributed by atoms with van der Waals surface area (Å²) in [5, 5.41) is 10.6. The number of nitro benzene ring substituents is 1. The average molecular weight is 339 g/mol. The van der Waals surface area contributed by atoms with Crippen molar-refractivity contribution in [3.8, 4) is 0 Å². The topological polar surface area (TPSA) is 69.4 Å². The quantitative estimate of drug-likeness (QED) is 0.268. The molecular formula is C12H10Cl3NO4. The Morgan fingerprint density at radius 2 is 1.90 bits per heavy atom. The van der Waals surface area contributed by atoms with Crippen LogP contribution in [-0.4, -0.2) is 21.1 Å². The molecule has 20 heavy (non-hydrogen) atoms. The van der Waals surface area contributed by atoms with Gasteiger partial charge in [0.05, 0.1) is 11.5 Å². The summed E-state index contributed by atoms with van der Waals surface area (Å²) in [6, 6.07) is 5.49. The zero-order chi connectivity index (χ0) is 15.3. The average Bonchev–Trinajstić information content (AvgIpc) is 2.37. The van der Waals surface area contributed by atoms with Crippen molar-refractivity contribution in [3.63, 3.8) is 0 Å². The molecule has 0 spiro atoms. The lowest BCUT2D eigenvalue weighted by atomic mass is 10.1. The highest BCUT2D eigenvalue weighted by atomic mass is 35.6. The van der Waals surface area contributed by atoms with Crippen molar-refractivity contribution in [3.05, 3.63) is 46.0 Å². The third-order valence-corrected chi connectivity index (χ3v) is 2.76. The predicted molar refractivity (Wildman–Crippen MR) is 78.0 cm³/mol. The molecule has 0 amide bonds. The summed E-state index contributed by atoms with van der Waals surface area (Å²) in [6.07, 6.45) is 1.05. The first-order chi connectivity index (χ1) is 9.25. The minimum Gasteiger partial charge on any atom is -0.493 e. The van der Waals surface area contributed by atoms with Gasteiger partial charge in [-0.25, -0.2) is 0 Å². The molecule has 0 heterocycles. The summed E-state index contributed by atoms with van der Waals surface area (Å²) in [7, 11) is 0. The Bertz CT molecular complexity index is 535. The summed E-state index contributed by atoms with van der Waals surface area (Å²) in [6.45, 7) is 2.01. The van der Waals surface area contributed by atoms with E-state index >= 15 is 0 Å². The lowest BCUT2D eigenvalue weighted by molar-refractivity contribution is -0.384. The second-order valence-corrected chi connectivity index (χ2v) is 5.89. The van der Waals surface area contributed by atoms with E-state index in [0.29, 0.717) is 5.56 Å². The molecule has 0 unspecified atom stereocenters. The van der Waals surface area contributed by atoms with Gasteiger partial charge < -0.3 is 4.74 Å². The van der Waals surface area contributed by atoms with Crippen molar-refractivity contribution < 1.29 is 14.5 Å². The summed E-state index contributed by atoms with van der Waals surface area (Å²) < 4.78 is 3.21. The van der Waals surface area contributed by atoms with E-state index in [1.807, 2.05) is 0 Å². The Labute approximate surface area is 130 Å². The minimum absolute atomic E-state index is 0.0719. The van der Waals surface area contributed by atoms with Crippen LogP contribution in [0.1, 0.15) is 12.5 Å². The van der Waals surface area contributed by atoms with Crippen LogP contribution in [0.2, 0.25) is 0 Å². The normalized spacial score (nSPS) is 12.1. The molecule has 0 fully saturated rings. The van der Waals surface area contributed by atoms with Crippen molar-refractivity contribution in [1.29, 1.82) is 0 Å². The molecule has 0 radical (unpaired) electrons. The first-order valence-corrected chi connectivity index (χ1v) is 6.59. The van der Waals surface area contributed by atoms with Crippen molar-refractivity contribution in [2.24, 2.45) is 0 Å². The number of ketones is 1. The number of non-ortho nitro benzene ring substituents is 1. The molecule has 108 valence electrons. The van der Waals surface area contributed by atoms with Crippen LogP contribution < -0.4 is 0 Å². The number of hydrogen-bond acceptors (Lipinski definition) is 4. The lowest BCUT2D eigenvalue weighted by Crippen LogP contribution is -2.16. The molecule has 0 aliphatic carbocycles. The van der Waals surface area contributed by atoms with Crippen LogP contribution in [0, 0.1) is 10.1 Å². The zero-order valence-corrected chi connectivity index (χ0v) is 12.6. The standard InChI is InChI=1S/C12H10Cl3NO4/c1-2-20-10(7-11(17)12(13,14)15)8-3-5-9(6-4-8)16(18)19/h3-7H,2H2,1H3/b10-7-. The van der Waals surface area contributed by atoms with Gasteiger partial charge in [0.1, 0.15) is 5.76 Å². The molecule has 0 aromatic heterocycles. The van der Waals surface area contributed by atoms with E-state index in [-0.39, 0.29) is 18.1 Å². The second kappa shape index (κ2) is 6.92. The number of carbonyl (C=O) groups excluding carboxylic acids is 1. The SMILES string of the molecule is CCO/C(=C\C(=O)C(Cl)(Cl)Cl)c1ccc([N+](=O)[O-])cc1. The van der Waals surface area contributed by atoms with Gasteiger partial charge in [-0.2, -0.15) is 0 Å². The van der Waals surface area contributed by atoms with Gasteiger partial charge in [0, 0.05) is 23.8 Å². The van der Waals surface area contributed by atoms with E-state index in [4.69, 9.17) is 39.5 Å². The van der Waals surface area contributed by atoms with E-state index in [0.717, 1.165) is 6.08 Å². The van der Waals surface area contributed by atoms with Gasteiger partial charge in [0.25, 0.3) is 9.48 Å². The van der Waals surface area contributed by atoms with E-state index in [2.05, 4.69) is 0 Å². The summed E-state index contributed by atoms with van der Waals surface area (Å²) in [5.74, 6) is -0.581. The lowest BCUT2D eigenvalue weighted by Gasteiger charge is -2.11. The third-order valence-electron chi connectivity index (χ3n) is 2.20. The maximum atomic E-state index is 11.6. The number of halogens is 3. The number of alkyl halides is 3. The highest BCUT2D eigenvalue weighted by Gasteiger charge is 2.29. The number of nitrogens with zero attached hydrogens (tertiary/aromatic N) is 1. The first-order valence-electron chi connectivity index (χ1n) is 5.46. The van der Waals surface area contributed by atoms with Gasteiger partial charge in [-0.1, -0.05) is 34.8 Å². The first kappa shape index (κ1) is 16.8. The van der Waals surface area contributed by atoms with E-state index in [1.54, 1.807) is 6.92 Å². The fourth-order valence-electron chi connectivity index (χ4n) is 1.31. The molecule has 0 saturated carbocycles. The van der Waals surface area contributed by atoms with Gasteiger partial charge in [-0.05, 0) is 19.1 Å². The van der Waals surface area contributed by atoms with Crippen LogP contribution in [0.15, 0.2) is 30.3 Å². The smallest absolute Gasteiger partial charge is 0.269 e. The number of nitro groups is 1. The van der Waals surface area contributed by atoms with Crippen molar-refractivity contribution in [1.82, 2.24) is 0 Å². The molecular weight excluding hydrogens is 328 g/mol. The van der Waals surface area contributed by atoms with Gasteiger partial charge in [-0.3, -0.25) is 14.9 Å². The number of allylic oxidation sites excluding steroid dienone is 1. The Balaban J connectivity index is 3.11. The van der Waals surface area contributed by atoms with Crippen molar-refractivity contribution in [2.45, 2.75) is 10.7 Å². The Hall–Kier alpha value is -1.30.